The largest absolute Gasteiger partial charge is 0.469 e. The summed E-state index contributed by atoms with van der Waals surface area (Å²) in [5.74, 6) is 0.992. The van der Waals surface area contributed by atoms with E-state index < -0.39 is 0 Å². The second kappa shape index (κ2) is 6.25. The third kappa shape index (κ3) is 3.30. The lowest BCUT2D eigenvalue weighted by atomic mass is 9.82. The molecule has 20 heavy (non-hydrogen) atoms. The zero-order valence-electron chi connectivity index (χ0n) is 12.6. The lowest BCUT2D eigenvalue weighted by molar-refractivity contribution is 0.251. The second-order valence-corrected chi connectivity index (χ2v) is 5.81. The number of aryl methyl sites for hydroxylation is 1. The summed E-state index contributed by atoms with van der Waals surface area (Å²) in [6, 6.07) is 12.5. The molecule has 2 N–H and O–H groups in total. The van der Waals surface area contributed by atoms with Crippen LogP contribution in [0.3, 0.4) is 0 Å². The molecule has 0 radical (unpaired) electrons. The number of hydrogen-bond donors (Lipinski definition) is 1. The van der Waals surface area contributed by atoms with Gasteiger partial charge in [0.05, 0.1) is 6.26 Å². The number of nitrogens with zero attached hydrogens (tertiary/aromatic N) is 1. The van der Waals surface area contributed by atoms with E-state index in [1.54, 1.807) is 6.26 Å². The van der Waals surface area contributed by atoms with Crippen molar-refractivity contribution in [2.45, 2.75) is 25.8 Å². The Balaban J connectivity index is 2.08. The Morgan fingerprint density at radius 3 is 2.45 bits per heavy atom. The van der Waals surface area contributed by atoms with Crippen LogP contribution in [-0.2, 0) is 12.0 Å². The molecule has 3 nitrogen and oxygen atoms in total. The topological polar surface area (TPSA) is 42.4 Å². The van der Waals surface area contributed by atoms with Gasteiger partial charge in [0.15, 0.2) is 0 Å². The smallest absolute Gasteiger partial charge is 0.105 e. The molecule has 0 aliphatic rings. The first-order chi connectivity index (χ1) is 9.55. The summed E-state index contributed by atoms with van der Waals surface area (Å²) in [5.41, 5.74) is 8.54. The minimum absolute atomic E-state index is 0.0341. The van der Waals surface area contributed by atoms with Crippen molar-refractivity contribution in [2.75, 3.05) is 20.1 Å². The molecule has 1 aromatic heterocycles. The van der Waals surface area contributed by atoms with Crippen molar-refractivity contribution in [3.8, 4) is 0 Å². The molecule has 1 aromatic carbocycles. The number of nitrogens with two attached hydrogens (primary N) is 1. The molecule has 0 saturated heterocycles. The molecule has 0 amide bonds. The molecule has 0 aliphatic heterocycles. The molecule has 1 heterocycles. The predicted octanol–water partition coefficient (Wildman–Crippen LogP) is 2.94. The maximum Gasteiger partial charge on any atom is 0.105 e. The summed E-state index contributed by atoms with van der Waals surface area (Å²) in [6.45, 7) is 6.65. The van der Waals surface area contributed by atoms with E-state index in [0.29, 0.717) is 6.54 Å². The summed E-state index contributed by atoms with van der Waals surface area (Å²) in [5, 5.41) is 0. The average Bonchev–Trinajstić information content (AvgIpc) is 2.85. The highest BCUT2D eigenvalue weighted by Crippen LogP contribution is 2.24. The van der Waals surface area contributed by atoms with E-state index >= 15 is 0 Å². The van der Waals surface area contributed by atoms with Gasteiger partial charge in [-0.3, -0.25) is 0 Å². The van der Waals surface area contributed by atoms with Crippen LogP contribution in [0.1, 0.15) is 23.8 Å². The highest BCUT2D eigenvalue weighted by atomic mass is 16.3. The summed E-state index contributed by atoms with van der Waals surface area (Å²) >= 11 is 0. The van der Waals surface area contributed by atoms with Gasteiger partial charge in [-0.05, 0) is 25.6 Å². The van der Waals surface area contributed by atoms with Crippen LogP contribution in [0.4, 0.5) is 0 Å². The normalized spacial score (nSPS) is 14.4. The van der Waals surface area contributed by atoms with Gasteiger partial charge >= 0.3 is 0 Å². The maximum absolute atomic E-state index is 6.05. The van der Waals surface area contributed by atoms with Crippen molar-refractivity contribution >= 4 is 0 Å². The van der Waals surface area contributed by atoms with Crippen molar-refractivity contribution in [2.24, 2.45) is 5.73 Å². The van der Waals surface area contributed by atoms with E-state index in [9.17, 15) is 0 Å². The van der Waals surface area contributed by atoms with Crippen molar-refractivity contribution < 1.29 is 4.42 Å². The SMILES string of the molecule is Cc1occc1CN(C)CC(C)(CN)c1ccccc1. The molecule has 0 spiro atoms. The monoisotopic (exact) mass is 272 g/mol. The van der Waals surface area contributed by atoms with Gasteiger partial charge in [-0.15, -0.1) is 0 Å². The zero-order valence-corrected chi connectivity index (χ0v) is 12.6. The van der Waals surface area contributed by atoms with Gasteiger partial charge in [0.25, 0.3) is 0 Å². The fraction of sp³-hybridized carbons (Fsp3) is 0.412. The van der Waals surface area contributed by atoms with Gasteiger partial charge in [0.2, 0.25) is 0 Å². The van der Waals surface area contributed by atoms with Gasteiger partial charge in [0.1, 0.15) is 5.76 Å². The standard InChI is InChI=1S/C17H24N2O/c1-14-15(9-10-20-14)11-19(3)13-17(2,12-18)16-7-5-4-6-8-16/h4-10H,11-13,18H2,1-3H3. The van der Waals surface area contributed by atoms with Crippen LogP contribution in [-0.4, -0.2) is 25.0 Å². The molecular formula is C17H24N2O. The van der Waals surface area contributed by atoms with Crippen LogP contribution in [0.2, 0.25) is 0 Å². The quantitative estimate of drug-likeness (QED) is 0.879. The number of benzene rings is 1. The summed E-state index contributed by atoms with van der Waals surface area (Å²) in [6.07, 6.45) is 1.75. The van der Waals surface area contributed by atoms with Crippen molar-refractivity contribution in [1.82, 2.24) is 4.90 Å². The molecule has 2 rings (SSSR count). The van der Waals surface area contributed by atoms with E-state index in [4.69, 9.17) is 10.2 Å². The van der Waals surface area contributed by atoms with E-state index in [1.807, 2.05) is 19.1 Å². The molecule has 1 unspecified atom stereocenters. The van der Waals surface area contributed by atoms with Gasteiger partial charge in [-0.1, -0.05) is 37.3 Å². The van der Waals surface area contributed by atoms with Crippen LogP contribution in [0, 0.1) is 6.92 Å². The lowest BCUT2D eigenvalue weighted by Gasteiger charge is -2.33. The molecule has 3 heteroatoms. The average molecular weight is 272 g/mol. The third-order valence-electron chi connectivity index (χ3n) is 3.95. The predicted molar refractivity (Wildman–Crippen MR) is 82.6 cm³/mol. The summed E-state index contributed by atoms with van der Waals surface area (Å²) < 4.78 is 5.36. The van der Waals surface area contributed by atoms with Crippen LogP contribution in [0.5, 0.6) is 0 Å². The van der Waals surface area contributed by atoms with Crippen LogP contribution in [0.15, 0.2) is 47.1 Å². The number of furan rings is 1. The Labute approximate surface area is 121 Å². The van der Waals surface area contributed by atoms with Gasteiger partial charge in [0, 0.05) is 30.6 Å². The molecule has 1 atom stereocenters. The van der Waals surface area contributed by atoms with Crippen molar-refractivity contribution in [3.63, 3.8) is 0 Å². The lowest BCUT2D eigenvalue weighted by Crippen LogP contribution is -2.42. The first-order valence-corrected chi connectivity index (χ1v) is 7.02. The first kappa shape index (κ1) is 14.8. The van der Waals surface area contributed by atoms with Crippen LogP contribution in [0.25, 0.3) is 0 Å². The zero-order chi connectivity index (χ0) is 14.6. The molecule has 108 valence electrons. The second-order valence-electron chi connectivity index (χ2n) is 5.81. The van der Waals surface area contributed by atoms with E-state index in [0.717, 1.165) is 18.8 Å². The maximum atomic E-state index is 6.05. The minimum atomic E-state index is -0.0341. The fourth-order valence-electron chi connectivity index (χ4n) is 2.63. The number of rotatable bonds is 6. The Morgan fingerprint density at radius 2 is 1.90 bits per heavy atom. The van der Waals surface area contributed by atoms with Gasteiger partial charge in [-0.25, -0.2) is 0 Å². The molecule has 0 bridgehead atoms. The van der Waals surface area contributed by atoms with E-state index in [1.165, 1.54) is 11.1 Å². The van der Waals surface area contributed by atoms with E-state index in [2.05, 4.69) is 43.1 Å². The molecule has 0 fully saturated rings. The van der Waals surface area contributed by atoms with Crippen molar-refractivity contribution in [3.05, 3.63) is 59.5 Å². The highest BCUT2D eigenvalue weighted by molar-refractivity contribution is 5.25. The van der Waals surface area contributed by atoms with Crippen LogP contribution >= 0.6 is 0 Å². The summed E-state index contributed by atoms with van der Waals surface area (Å²) in [7, 11) is 2.13. The Bertz CT molecular complexity index is 535. The Kier molecular flexibility index (Phi) is 4.63. The Hall–Kier alpha value is -1.58. The van der Waals surface area contributed by atoms with Gasteiger partial charge in [-0.2, -0.15) is 0 Å². The summed E-state index contributed by atoms with van der Waals surface area (Å²) in [4.78, 5) is 2.30. The molecule has 2 aromatic rings. The molecular weight excluding hydrogens is 248 g/mol. The Morgan fingerprint density at radius 1 is 1.20 bits per heavy atom. The fourth-order valence-corrected chi connectivity index (χ4v) is 2.63. The molecule has 0 aliphatic carbocycles. The highest BCUT2D eigenvalue weighted by Gasteiger charge is 2.26. The number of likely N-dealkylation sites (N-methyl/N-ethyl adjacent to an activating group) is 1. The number of hydrogen-bond acceptors (Lipinski definition) is 3. The van der Waals surface area contributed by atoms with E-state index in [-0.39, 0.29) is 5.41 Å². The minimum Gasteiger partial charge on any atom is -0.469 e. The van der Waals surface area contributed by atoms with Crippen molar-refractivity contribution in [1.29, 1.82) is 0 Å². The van der Waals surface area contributed by atoms with Crippen LogP contribution < -0.4 is 5.73 Å². The van der Waals surface area contributed by atoms with Gasteiger partial charge < -0.3 is 15.1 Å². The first-order valence-electron chi connectivity index (χ1n) is 7.02. The molecule has 0 saturated carbocycles. The third-order valence-corrected chi connectivity index (χ3v) is 3.95.